The third-order valence-electron chi connectivity index (χ3n) is 2.91. The molecule has 0 saturated heterocycles. The van der Waals surface area contributed by atoms with E-state index in [0.717, 1.165) is 28.8 Å². The zero-order valence-electron chi connectivity index (χ0n) is 10.1. The highest BCUT2D eigenvalue weighted by Gasteiger charge is 2.14. The van der Waals surface area contributed by atoms with E-state index in [1.165, 1.54) is 12.1 Å². The number of nitrogens with one attached hydrogen (secondary N) is 1. The summed E-state index contributed by atoms with van der Waals surface area (Å²) < 4.78 is 13.3. The lowest BCUT2D eigenvalue weighted by atomic mass is 10.0. The molecule has 4 heteroatoms. The van der Waals surface area contributed by atoms with Crippen molar-refractivity contribution in [2.24, 2.45) is 0 Å². The SMILES string of the molecule is CCc1c(C)nc2cc(F)cc(Cl)c2c1NC. The summed E-state index contributed by atoms with van der Waals surface area (Å²) in [7, 11) is 1.84. The summed E-state index contributed by atoms with van der Waals surface area (Å²) in [5.74, 6) is -0.360. The number of benzene rings is 1. The van der Waals surface area contributed by atoms with Gasteiger partial charge in [-0.1, -0.05) is 18.5 Å². The highest BCUT2D eigenvalue weighted by atomic mass is 35.5. The van der Waals surface area contributed by atoms with Crippen molar-refractivity contribution in [3.8, 4) is 0 Å². The average molecular weight is 253 g/mol. The van der Waals surface area contributed by atoms with Gasteiger partial charge < -0.3 is 5.32 Å². The molecule has 1 N–H and O–H groups in total. The monoisotopic (exact) mass is 252 g/mol. The Bertz CT molecular complexity index is 581. The molecule has 0 radical (unpaired) electrons. The Kier molecular flexibility index (Phi) is 3.20. The predicted molar refractivity (Wildman–Crippen MR) is 70.4 cm³/mol. The van der Waals surface area contributed by atoms with Gasteiger partial charge in [0.25, 0.3) is 0 Å². The first-order chi connectivity index (χ1) is 8.08. The first-order valence-electron chi connectivity index (χ1n) is 5.54. The number of aromatic nitrogens is 1. The highest BCUT2D eigenvalue weighted by molar-refractivity contribution is 6.36. The van der Waals surface area contributed by atoms with Crippen molar-refractivity contribution in [3.63, 3.8) is 0 Å². The van der Waals surface area contributed by atoms with Gasteiger partial charge in [-0.2, -0.15) is 0 Å². The number of anilines is 1. The van der Waals surface area contributed by atoms with Crippen molar-refractivity contribution in [1.82, 2.24) is 4.98 Å². The van der Waals surface area contributed by atoms with Crippen molar-refractivity contribution >= 4 is 28.2 Å². The van der Waals surface area contributed by atoms with Gasteiger partial charge in [0, 0.05) is 29.9 Å². The van der Waals surface area contributed by atoms with Crippen LogP contribution in [0.1, 0.15) is 18.2 Å². The van der Waals surface area contributed by atoms with Gasteiger partial charge in [0.1, 0.15) is 5.82 Å². The molecular weight excluding hydrogens is 239 g/mol. The summed E-state index contributed by atoms with van der Waals surface area (Å²) in [6.45, 7) is 3.99. The lowest BCUT2D eigenvalue weighted by Gasteiger charge is -2.14. The van der Waals surface area contributed by atoms with Crippen LogP contribution in [0.4, 0.5) is 10.1 Å². The van der Waals surface area contributed by atoms with Crippen LogP contribution >= 0.6 is 11.6 Å². The molecule has 0 amide bonds. The summed E-state index contributed by atoms with van der Waals surface area (Å²) in [6, 6.07) is 2.73. The third-order valence-corrected chi connectivity index (χ3v) is 3.21. The molecule has 0 bridgehead atoms. The molecule has 2 aromatic rings. The van der Waals surface area contributed by atoms with E-state index in [4.69, 9.17) is 11.6 Å². The van der Waals surface area contributed by atoms with Gasteiger partial charge in [0.2, 0.25) is 0 Å². The van der Waals surface area contributed by atoms with Crippen molar-refractivity contribution in [2.45, 2.75) is 20.3 Å². The number of rotatable bonds is 2. The predicted octanol–water partition coefficient (Wildman–Crippen LogP) is 3.94. The maximum absolute atomic E-state index is 13.3. The molecule has 90 valence electrons. The van der Waals surface area contributed by atoms with Gasteiger partial charge in [-0.25, -0.2) is 4.39 Å². The van der Waals surface area contributed by atoms with E-state index < -0.39 is 0 Å². The Morgan fingerprint density at radius 3 is 2.71 bits per heavy atom. The minimum atomic E-state index is -0.360. The minimum Gasteiger partial charge on any atom is -0.387 e. The molecule has 2 rings (SSSR count). The Hall–Kier alpha value is -1.35. The lowest BCUT2D eigenvalue weighted by Crippen LogP contribution is -2.02. The largest absolute Gasteiger partial charge is 0.387 e. The number of hydrogen-bond acceptors (Lipinski definition) is 2. The summed E-state index contributed by atoms with van der Waals surface area (Å²) in [5, 5.41) is 4.33. The fraction of sp³-hybridized carbons (Fsp3) is 0.308. The van der Waals surface area contributed by atoms with Crippen molar-refractivity contribution < 1.29 is 4.39 Å². The molecule has 1 aromatic heterocycles. The number of aryl methyl sites for hydroxylation is 1. The maximum Gasteiger partial charge on any atom is 0.126 e. The van der Waals surface area contributed by atoms with E-state index in [-0.39, 0.29) is 5.82 Å². The van der Waals surface area contributed by atoms with Gasteiger partial charge in [-0.3, -0.25) is 4.98 Å². The molecule has 1 aromatic carbocycles. The van der Waals surface area contributed by atoms with Crippen LogP contribution in [0.5, 0.6) is 0 Å². The van der Waals surface area contributed by atoms with E-state index in [9.17, 15) is 4.39 Å². The van der Waals surface area contributed by atoms with Gasteiger partial charge in [0.05, 0.1) is 10.5 Å². The topological polar surface area (TPSA) is 24.9 Å². The first kappa shape index (κ1) is 12.1. The normalized spacial score (nSPS) is 10.9. The molecule has 0 fully saturated rings. The molecule has 0 aliphatic rings. The molecular formula is C13H14ClFN2. The number of nitrogens with zero attached hydrogens (tertiary/aromatic N) is 1. The third kappa shape index (κ3) is 1.95. The standard InChI is InChI=1S/C13H14ClFN2/c1-4-9-7(2)17-11-6-8(15)5-10(14)12(11)13(9)16-3/h5-6H,4H2,1-3H3,(H,16,17). The molecule has 0 atom stereocenters. The molecule has 17 heavy (non-hydrogen) atoms. The van der Waals surface area contributed by atoms with Crippen LogP contribution in [0, 0.1) is 12.7 Å². The maximum atomic E-state index is 13.3. The van der Waals surface area contributed by atoms with E-state index in [1.54, 1.807) is 0 Å². The molecule has 2 nitrogen and oxygen atoms in total. The van der Waals surface area contributed by atoms with Gasteiger partial charge in [-0.15, -0.1) is 0 Å². The first-order valence-corrected chi connectivity index (χ1v) is 5.92. The second kappa shape index (κ2) is 4.49. The minimum absolute atomic E-state index is 0.360. The van der Waals surface area contributed by atoms with Crippen molar-refractivity contribution in [3.05, 3.63) is 34.2 Å². The molecule has 0 saturated carbocycles. The quantitative estimate of drug-likeness (QED) is 0.876. The highest BCUT2D eigenvalue weighted by Crippen LogP contribution is 2.34. The van der Waals surface area contributed by atoms with Crippen LogP contribution in [0.2, 0.25) is 5.02 Å². The number of halogens is 2. The zero-order chi connectivity index (χ0) is 12.6. The second-order valence-corrected chi connectivity index (χ2v) is 4.34. The summed E-state index contributed by atoms with van der Waals surface area (Å²) >= 11 is 6.11. The Morgan fingerprint density at radius 2 is 2.12 bits per heavy atom. The Labute approximate surface area is 105 Å². The van der Waals surface area contributed by atoms with Crippen molar-refractivity contribution in [2.75, 3.05) is 12.4 Å². The smallest absolute Gasteiger partial charge is 0.126 e. The Balaban J connectivity index is 2.94. The fourth-order valence-corrected chi connectivity index (χ4v) is 2.48. The van der Waals surface area contributed by atoms with Gasteiger partial charge in [0.15, 0.2) is 0 Å². The molecule has 1 heterocycles. The summed E-state index contributed by atoms with van der Waals surface area (Å²) in [5.41, 5.74) is 3.56. The number of pyridine rings is 1. The van der Waals surface area contributed by atoms with E-state index in [0.29, 0.717) is 10.5 Å². The second-order valence-electron chi connectivity index (χ2n) is 3.94. The van der Waals surface area contributed by atoms with Crippen LogP contribution in [0.3, 0.4) is 0 Å². The molecule has 0 spiro atoms. The van der Waals surface area contributed by atoms with E-state index >= 15 is 0 Å². The summed E-state index contributed by atoms with van der Waals surface area (Å²) in [6.07, 6.45) is 0.860. The molecule has 0 unspecified atom stereocenters. The van der Waals surface area contributed by atoms with Crippen molar-refractivity contribution in [1.29, 1.82) is 0 Å². The lowest BCUT2D eigenvalue weighted by molar-refractivity contribution is 0.629. The fourth-order valence-electron chi connectivity index (χ4n) is 2.18. The van der Waals surface area contributed by atoms with Crippen LogP contribution in [0.15, 0.2) is 12.1 Å². The van der Waals surface area contributed by atoms with E-state index in [1.807, 2.05) is 14.0 Å². The average Bonchev–Trinajstić information content (AvgIpc) is 2.26. The van der Waals surface area contributed by atoms with E-state index in [2.05, 4.69) is 17.2 Å². The van der Waals surface area contributed by atoms with Crippen LogP contribution in [-0.2, 0) is 6.42 Å². The Morgan fingerprint density at radius 1 is 1.41 bits per heavy atom. The van der Waals surface area contributed by atoms with Crippen LogP contribution in [-0.4, -0.2) is 12.0 Å². The molecule has 0 aliphatic carbocycles. The van der Waals surface area contributed by atoms with Gasteiger partial charge in [-0.05, 0) is 25.0 Å². The summed E-state index contributed by atoms with van der Waals surface area (Å²) in [4.78, 5) is 4.41. The number of fused-ring (bicyclic) bond motifs is 1. The zero-order valence-corrected chi connectivity index (χ0v) is 10.8. The van der Waals surface area contributed by atoms with Gasteiger partial charge >= 0.3 is 0 Å². The molecule has 0 aliphatic heterocycles. The number of hydrogen-bond donors (Lipinski definition) is 1. The van der Waals surface area contributed by atoms with Crippen LogP contribution < -0.4 is 5.32 Å². The van der Waals surface area contributed by atoms with Crippen LogP contribution in [0.25, 0.3) is 10.9 Å².